The third-order valence-electron chi connectivity index (χ3n) is 3.18. The fourth-order valence-corrected chi connectivity index (χ4v) is 3.42. The van der Waals surface area contributed by atoms with Crippen LogP contribution in [0.4, 0.5) is 0 Å². The molecule has 1 aromatic rings. The highest BCUT2D eigenvalue weighted by molar-refractivity contribution is 7.86. The van der Waals surface area contributed by atoms with Crippen molar-refractivity contribution in [1.82, 2.24) is 8.61 Å². The SMILES string of the molecule is CN(CCC(=O)O)S(=O)(=O)N(Cc1ccco1)C1CC1. The number of carboxylic acids is 1. The molecule has 1 saturated carbocycles. The van der Waals surface area contributed by atoms with Gasteiger partial charge < -0.3 is 9.52 Å². The van der Waals surface area contributed by atoms with E-state index in [4.69, 9.17) is 9.52 Å². The Bertz CT molecular complexity index is 550. The van der Waals surface area contributed by atoms with Gasteiger partial charge in [0.25, 0.3) is 10.2 Å². The highest BCUT2D eigenvalue weighted by atomic mass is 32.2. The zero-order valence-electron chi connectivity index (χ0n) is 11.2. The van der Waals surface area contributed by atoms with Crippen molar-refractivity contribution in [1.29, 1.82) is 0 Å². The first-order valence-corrected chi connectivity index (χ1v) is 7.78. The number of furan rings is 1. The molecule has 0 saturated heterocycles. The summed E-state index contributed by atoms with van der Waals surface area (Å²) in [5, 5.41) is 8.65. The number of hydrogen-bond acceptors (Lipinski definition) is 4. The van der Waals surface area contributed by atoms with Crippen LogP contribution in [0.3, 0.4) is 0 Å². The van der Waals surface area contributed by atoms with E-state index < -0.39 is 16.2 Å². The first-order valence-electron chi connectivity index (χ1n) is 6.38. The average molecular weight is 302 g/mol. The van der Waals surface area contributed by atoms with Gasteiger partial charge in [-0.15, -0.1) is 0 Å². The summed E-state index contributed by atoms with van der Waals surface area (Å²) in [5.41, 5.74) is 0. The van der Waals surface area contributed by atoms with Gasteiger partial charge in [-0.3, -0.25) is 4.79 Å². The summed E-state index contributed by atoms with van der Waals surface area (Å²) in [4.78, 5) is 10.6. The number of carbonyl (C=O) groups is 1. The minimum absolute atomic E-state index is 0.0163. The van der Waals surface area contributed by atoms with E-state index in [-0.39, 0.29) is 25.6 Å². The van der Waals surface area contributed by atoms with Crippen LogP contribution >= 0.6 is 0 Å². The molecule has 112 valence electrons. The van der Waals surface area contributed by atoms with Gasteiger partial charge >= 0.3 is 5.97 Å². The number of rotatable bonds is 8. The summed E-state index contributed by atoms with van der Waals surface area (Å²) in [6, 6.07) is 3.42. The van der Waals surface area contributed by atoms with Crippen molar-refractivity contribution in [2.45, 2.75) is 31.8 Å². The number of hydrogen-bond donors (Lipinski definition) is 1. The Morgan fingerprint density at radius 1 is 1.50 bits per heavy atom. The first-order chi connectivity index (χ1) is 9.41. The van der Waals surface area contributed by atoms with Crippen molar-refractivity contribution < 1.29 is 22.7 Å². The van der Waals surface area contributed by atoms with Gasteiger partial charge in [-0.1, -0.05) is 0 Å². The third-order valence-corrected chi connectivity index (χ3v) is 5.17. The molecule has 0 radical (unpaired) electrons. The molecule has 1 fully saturated rings. The van der Waals surface area contributed by atoms with E-state index in [1.807, 2.05) is 0 Å². The second-order valence-electron chi connectivity index (χ2n) is 4.83. The van der Waals surface area contributed by atoms with Crippen molar-refractivity contribution >= 4 is 16.2 Å². The van der Waals surface area contributed by atoms with Gasteiger partial charge in [0.15, 0.2) is 0 Å². The molecule has 0 amide bonds. The molecule has 2 rings (SSSR count). The molecule has 0 spiro atoms. The normalized spacial score (nSPS) is 15.9. The predicted octanol–water partition coefficient (Wildman–Crippen LogP) is 0.895. The highest BCUT2D eigenvalue weighted by Crippen LogP contribution is 2.31. The second kappa shape index (κ2) is 5.94. The maximum atomic E-state index is 12.5. The van der Waals surface area contributed by atoms with Gasteiger partial charge in [0.2, 0.25) is 0 Å². The van der Waals surface area contributed by atoms with E-state index in [1.165, 1.54) is 17.6 Å². The van der Waals surface area contributed by atoms with E-state index in [2.05, 4.69) is 0 Å². The van der Waals surface area contributed by atoms with E-state index in [0.717, 1.165) is 17.1 Å². The van der Waals surface area contributed by atoms with E-state index >= 15 is 0 Å². The standard InChI is InChI=1S/C12H18N2O5S/c1-13(7-6-12(15)16)20(17,18)14(10-4-5-10)9-11-3-2-8-19-11/h2-3,8,10H,4-7,9H2,1H3,(H,15,16). The Morgan fingerprint density at radius 2 is 2.20 bits per heavy atom. The van der Waals surface area contributed by atoms with Crippen LogP contribution in [0.25, 0.3) is 0 Å². The van der Waals surface area contributed by atoms with Crippen molar-refractivity contribution in [3.05, 3.63) is 24.2 Å². The molecule has 7 nitrogen and oxygen atoms in total. The Balaban J connectivity index is 2.08. The minimum Gasteiger partial charge on any atom is -0.481 e. The van der Waals surface area contributed by atoms with Crippen LogP contribution in [0, 0.1) is 0 Å². The number of nitrogens with zero attached hydrogens (tertiary/aromatic N) is 2. The number of carboxylic acid groups (broad SMARTS) is 1. The summed E-state index contributed by atoms with van der Waals surface area (Å²) in [5.74, 6) is -0.442. The fraction of sp³-hybridized carbons (Fsp3) is 0.583. The summed E-state index contributed by atoms with van der Waals surface area (Å²) in [7, 11) is -2.27. The van der Waals surface area contributed by atoms with Gasteiger partial charge in [0.05, 0.1) is 19.2 Å². The zero-order chi connectivity index (χ0) is 14.8. The molecular weight excluding hydrogens is 284 g/mol. The Morgan fingerprint density at radius 3 is 2.70 bits per heavy atom. The lowest BCUT2D eigenvalue weighted by atomic mass is 10.4. The molecular formula is C12H18N2O5S. The van der Waals surface area contributed by atoms with E-state index in [9.17, 15) is 13.2 Å². The highest BCUT2D eigenvalue weighted by Gasteiger charge is 2.39. The van der Waals surface area contributed by atoms with Gasteiger partial charge in [-0.05, 0) is 25.0 Å². The van der Waals surface area contributed by atoms with E-state index in [1.54, 1.807) is 12.1 Å². The van der Waals surface area contributed by atoms with Crippen molar-refractivity contribution in [2.75, 3.05) is 13.6 Å². The minimum atomic E-state index is -3.67. The van der Waals surface area contributed by atoms with Gasteiger partial charge in [0, 0.05) is 19.6 Å². The van der Waals surface area contributed by atoms with Crippen molar-refractivity contribution in [3.8, 4) is 0 Å². The maximum Gasteiger partial charge on any atom is 0.304 e. The van der Waals surface area contributed by atoms with Crippen LogP contribution in [0.5, 0.6) is 0 Å². The van der Waals surface area contributed by atoms with Crippen molar-refractivity contribution in [2.24, 2.45) is 0 Å². The van der Waals surface area contributed by atoms with Gasteiger partial charge in [-0.25, -0.2) is 0 Å². The molecule has 8 heteroatoms. The smallest absolute Gasteiger partial charge is 0.304 e. The summed E-state index contributed by atoms with van der Waals surface area (Å²) in [6.45, 7) is 0.135. The first kappa shape index (κ1) is 15.0. The lowest BCUT2D eigenvalue weighted by Crippen LogP contribution is -2.43. The van der Waals surface area contributed by atoms with Crippen LogP contribution in [0.1, 0.15) is 25.0 Å². The van der Waals surface area contributed by atoms with Crippen LogP contribution in [-0.2, 0) is 21.5 Å². The zero-order valence-corrected chi connectivity index (χ0v) is 12.0. The molecule has 0 atom stereocenters. The topological polar surface area (TPSA) is 91.1 Å². The van der Waals surface area contributed by atoms with Crippen LogP contribution in [-0.4, -0.2) is 47.7 Å². The molecule has 20 heavy (non-hydrogen) atoms. The van der Waals surface area contributed by atoms with Gasteiger partial charge in [0.1, 0.15) is 5.76 Å². The summed E-state index contributed by atoms with van der Waals surface area (Å²) in [6.07, 6.45) is 2.94. The molecule has 1 heterocycles. The Hall–Kier alpha value is -1.38. The molecule has 1 aromatic heterocycles. The predicted molar refractivity (Wildman–Crippen MR) is 71.1 cm³/mol. The maximum absolute atomic E-state index is 12.5. The molecule has 1 aliphatic rings. The van der Waals surface area contributed by atoms with Gasteiger partial charge in [-0.2, -0.15) is 17.0 Å². The quantitative estimate of drug-likeness (QED) is 0.770. The summed E-state index contributed by atoms with van der Waals surface area (Å²) >= 11 is 0. The molecule has 0 aliphatic heterocycles. The van der Waals surface area contributed by atoms with Crippen LogP contribution < -0.4 is 0 Å². The largest absolute Gasteiger partial charge is 0.481 e. The molecule has 0 aromatic carbocycles. The lowest BCUT2D eigenvalue weighted by Gasteiger charge is -2.26. The monoisotopic (exact) mass is 302 g/mol. The average Bonchev–Trinajstić information content (AvgIpc) is 3.09. The molecule has 0 bridgehead atoms. The van der Waals surface area contributed by atoms with Crippen LogP contribution in [0.2, 0.25) is 0 Å². The molecule has 1 aliphatic carbocycles. The Labute approximate surface area is 118 Å². The summed E-state index contributed by atoms with van der Waals surface area (Å²) < 4.78 is 32.6. The Kier molecular flexibility index (Phi) is 4.46. The second-order valence-corrected chi connectivity index (χ2v) is 6.82. The lowest BCUT2D eigenvalue weighted by molar-refractivity contribution is -0.137. The van der Waals surface area contributed by atoms with Crippen molar-refractivity contribution in [3.63, 3.8) is 0 Å². The molecule has 1 N–H and O–H groups in total. The van der Waals surface area contributed by atoms with Crippen LogP contribution in [0.15, 0.2) is 22.8 Å². The number of aliphatic carboxylic acids is 1. The van der Waals surface area contributed by atoms with E-state index in [0.29, 0.717) is 5.76 Å². The fourth-order valence-electron chi connectivity index (χ4n) is 1.87. The third kappa shape index (κ3) is 3.59. The molecule has 0 unspecified atom stereocenters.